The third-order valence-corrected chi connectivity index (χ3v) is 0. The maximum absolute atomic E-state index is 8.59. The van der Waals surface area contributed by atoms with Crippen molar-refractivity contribution in [3.63, 3.8) is 0 Å². The Morgan fingerprint density at radius 2 is 1.00 bits per heavy atom. The van der Waals surface area contributed by atoms with Crippen LogP contribution in [0.2, 0.25) is 0 Å². The fourth-order valence-corrected chi connectivity index (χ4v) is 0. The number of carbonyl (C=O) groups is 1. The van der Waals surface area contributed by atoms with E-state index in [1.165, 1.54) is 0 Å². The van der Waals surface area contributed by atoms with Crippen molar-refractivity contribution in [1.29, 1.82) is 0 Å². The van der Waals surface area contributed by atoms with Crippen molar-refractivity contribution < 1.29 is 50.0 Å². The van der Waals surface area contributed by atoms with Gasteiger partial charge in [-0.15, -0.1) is 0 Å². The number of hydrogen-bond acceptors (Lipinski definition) is 6. The molecular formula is CH15CrN3O8. The van der Waals surface area contributed by atoms with Crippen LogP contribution in [0.4, 0.5) is 4.79 Å². The van der Waals surface area contributed by atoms with E-state index in [4.69, 9.17) is 30.9 Å². The zero-order valence-corrected chi connectivity index (χ0v) is 8.57. The SMILES string of the molecule is O=C(O)O.[NH4+].[NH4+].[NH4+].[OH-].[O]=[Cr](=[O])([O-])[O-]. The average Bonchev–Trinajstić information content (AvgIpc) is 1.19. The molecular weight excluding hydrogens is 234 g/mol. The summed E-state index contributed by atoms with van der Waals surface area (Å²) >= 11 is -5.75. The van der Waals surface area contributed by atoms with E-state index in [2.05, 4.69) is 0 Å². The molecule has 0 unspecified atom stereocenters. The van der Waals surface area contributed by atoms with E-state index in [0.29, 0.717) is 0 Å². The number of quaternary nitrogens is 3. The van der Waals surface area contributed by atoms with Crippen LogP contribution in [0.5, 0.6) is 0 Å². The molecule has 0 heterocycles. The topological polar surface area (TPSA) is 277 Å². The standard InChI is InChI=1S/CH2O3.Cr.3H3N.H2O.4O/c2-1(3)4;;;;;;;;;/h(H2,2,3,4);;3*1H3;1H2;;;;/q;;;;;;;;2*-1/p+2. The first-order valence-corrected chi connectivity index (χ1v) is 3.40. The predicted molar refractivity (Wildman–Crippen MR) is 31.9 cm³/mol. The average molecular weight is 249 g/mol. The van der Waals surface area contributed by atoms with Crippen molar-refractivity contribution in [2.24, 2.45) is 0 Å². The molecule has 0 aromatic heterocycles. The summed E-state index contributed by atoms with van der Waals surface area (Å²) in [7, 11) is 0. The normalized spacial score (nSPS) is 6.31. The summed E-state index contributed by atoms with van der Waals surface area (Å²) in [4.78, 5) is 8.56. The molecule has 0 spiro atoms. The van der Waals surface area contributed by atoms with Gasteiger partial charge in [-0.25, -0.2) is 4.79 Å². The summed E-state index contributed by atoms with van der Waals surface area (Å²) in [6, 6.07) is 0. The second kappa shape index (κ2) is 17.3. The van der Waals surface area contributed by atoms with Crippen LogP contribution in [0.3, 0.4) is 0 Å². The quantitative estimate of drug-likeness (QED) is 0.337. The molecule has 0 rings (SSSR count). The molecule has 0 radical (unpaired) electrons. The minimum atomic E-state index is -5.75. The van der Waals surface area contributed by atoms with Gasteiger partial charge in [-0.05, 0) is 0 Å². The van der Waals surface area contributed by atoms with Crippen molar-refractivity contribution >= 4 is 6.16 Å². The van der Waals surface area contributed by atoms with Gasteiger partial charge in [0.05, 0.1) is 0 Å². The summed E-state index contributed by atoms with van der Waals surface area (Å²) in [6.07, 6.45) is -1.83. The van der Waals surface area contributed by atoms with E-state index in [1.54, 1.807) is 0 Å². The van der Waals surface area contributed by atoms with Crippen LogP contribution in [0.1, 0.15) is 0 Å². The van der Waals surface area contributed by atoms with Gasteiger partial charge < -0.3 is 34.1 Å². The van der Waals surface area contributed by atoms with E-state index >= 15 is 0 Å². The van der Waals surface area contributed by atoms with Crippen LogP contribution < -0.4 is 26.8 Å². The van der Waals surface area contributed by atoms with Gasteiger partial charge in [0.2, 0.25) is 0 Å². The van der Waals surface area contributed by atoms with E-state index in [0.717, 1.165) is 0 Å². The molecule has 0 aliphatic heterocycles. The fourth-order valence-electron chi connectivity index (χ4n) is 0. The van der Waals surface area contributed by atoms with Crippen LogP contribution in [-0.4, -0.2) is 21.8 Å². The van der Waals surface area contributed by atoms with Crippen LogP contribution in [0, 0.1) is 0 Å². The Morgan fingerprint density at radius 1 is 1.00 bits per heavy atom. The van der Waals surface area contributed by atoms with Crippen LogP contribution >= 0.6 is 0 Å². The van der Waals surface area contributed by atoms with Gasteiger partial charge in [-0.2, -0.15) is 0 Å². The van der Waals surface area contributed by atoms with Gasteiger partial charge in [0, 0.05) is 0 Å². The van der Waals surface area contributed by atoms with Gasteiger partial charge in [0.25, 0.3) is 0 Å². The van der Waals surface area contributed by atoms with E-state index in [9.17, 15) is 0 Å². The van der Waals surface area contributed by atoms with Crippen molar-refractivity contribution in [2.45, 2.75) is 0 Å². The van der Waals surface area contributed by atoms with Gasteiger partial charge in [0.1, 0.15) is 0 Å². The molecule has 0 amide bonds. The van der Waals surface area contributed by atoms with Crippen molar-refractivity contribution in [3.05, 3.63) is 0 Å². The molecule has 11 nitrogen and oxygen atoms in total. The van der Waals surface area contributed by atoms with Crippen molar-refractivity contribution in [3.8, 4) is 0 Å². The first-order valence-electron chi connectivity index (χ1n) is 1.32. The molecule has 12 heteroatoms. The Labute approximate surface area is 75.4 Å². The van der Waals surface area contributed by atoms with Crippen LogP contribution in [0.25, 0.3) is 0 Å². The van der Waals surface area contributed by atoms with Crippen molar-refractivity contribution in [1.82, 2.24) is 18.5 Å². The van der Waals surface area contributed by atoms with E-state index < -0.39 is 19.8 Å². The van der Waals surface area contributed by atoms with E-state index in [1.807, 2.05) is 0 Å². The minimum absolute atomic E-state index is 0. The summed E-state index contributed by atoms with van der Waals surface area (Å²) in [5, 5.41) is 13.9. The maximum atomic E-state index is 8.59. The zero-order valence-electron chi connectivity index (χ0n) is 7.29. The molecule has 0 aromatic rings. The number of hydrogen-bond donors (Lipinski definition) is 5. The summed E-state index contributed by atoms with van der Waals surface area (Å²) in [6.45, 7) is 0. The molecule has 0 aromatic carbocycles. The second-order valence-electron chi connectivity index (χ2n) is 0.691. The van der Waals surface area contributed by atoms with Gasteiger partial charge in [0.15, 0.2) is 0 Å². The van der Waals surface area contributed by atoms with E-state index in [-0.39, 0.29) is 23.9 Å². The molecule has 13 heavy (non-hydrogen) atoms. The molecule has 0 fully saturated rings. The predicted octanol–water partition coefficient (Wildman–Crippen LogP) is -1.44. The Morgan fingerprint density at radius 3 is 1.00 bits per heavy atom. The van der Waals surface area contributed by atoms with Gasteiger partial charge in [-0.3, -0.25) is 0 Å². The summed E-state index contributed by atoms with van der Waals surface area (Å²) < 4.78 is 34.4. The first-order chi connectivity index (χ1) is 3.73. The molecule has 0 bridgehead atoms. The van der Waals surface area contributed by atoms with Crippen LogP contribution in [-0.2, 0) is 21.2 Å². The second-order valence-corrected chi connectivity index (χ2v) is 1.97. The Hall–Kier alpha value is -0.838. The third-order valence-electron chi connectivity index (χ3n) is 0. The summed E-state index contributed by atoms with van der Waals surface area (Å²) in [5.41, 5.74) is 0. The third kappa shape index (κ3) is 1340. The molecule has 0 aliphatic carbocycles. The Bertz CT molecular complexity index is 162. The molecule has 0 atom stereocenters. The van der Waals surface area contributed by atoms with Crippen LogP contribution in [0.15, 0.2) is 0 Å². The molecule has 15 N–H and O–H groups in total. The zero-order chi connectivity index (χ0) is 8.08. The molecule has 0 aliphatic rings. The van der Waals surface area contributed by atoms with Crippen molar-refractivity contribution in [2.75, 3.05) is 0 Å². The monoisotopic (exact) mass is 249 g/mol. The first kappa shape index (κ1) is 39.9. The molecule has 0 saturated carbocycles. The molecule has 88 valence electrons. The Balaban J connectivity index is -0.0000000146. The molecule has 0 saturated heterocycles. The number of rotatable bonds is 0. The van der Waals surface area contributed by atoms with Gasteiger partial charge >= 0.3 is 35.7 Å². The Kier molecular flexibility index (Phi) is 53.1. The summed E-state index contributed by atoms with van der Waals surface area (Å²) in [5.74, 6) is 0. The fraction of sp³-hybridized carbons (Fsp3) is 0. The number of carboxylic acid groups (broad SMARTS) is 2. The van der Waals surface area contributed by atoms with Gasteiger partial charge in [-0.1, -0.05) is 0 Å².